The normalized spacial score (nSPS) is 11.5. The van der Waals surface area contributed by atoms with Gasteiger partial charge >= 0.3 is 0 Å². The van der Waals surface area contributed by atoms with Gasteiger partial charge in [0.15, 0.2) is 0 Å². The fourth-order valence-corrected chi connectivity index (χ4v) is 3.87. The molecule has 1 aromatic heterocycles. The van der Waals surface area contributed by atoms with Crippen molar-refractivity contribution in [2.24, 2.45) is 0 Å². The van der Waals surface area contributed by atoms with Crippen LogP contribution in [-0.2, 0) is 16.4 Å². The van der Waals surface area contributed by atoms with Gasteiger partial charge in [0, 0.05) is 17.5 Å². The quantitative estimate of drug-likeness (QED) is 0.787. The molecule has 0 bridgehead atoms. The lowest BCUT2D eigenvalue weighted by Gasteiger charge is -2.09. The number of thiophene rings is 1. The Labute approximate surface area is 132 Å². The predicted octanol–water partition coefficient (Wildman–Crippen LogP) is 2.51. The molecule has 3 N–H and O–H groups in total. The molecule has 5 nitrogen and oxygen atoms in total. The van der Waals surface area contributed by atoms with Gasteiger partial charge in [-0.05, 0) is 30.7 Å². The Morgan fingerprint density at radius 3 is 2.71 bits per heavy atom. The van der Waals surface area contributed by atoms with Crippen LogP contribution in [0.1, 0.15) is 4.88 Å². The molecule has 1 heterocycles. The first kappa shape index (κ1) is 16.1. The minimum absolute atomic E-state index is 0.123. The van der Waals surface area contributed by atoms with Crippen LogP contribution in [0.25, 0.3) is 0 Å². The highest BCUT2D eigenvalue weighted by molar-refractivity contribution is 7.89. The summed E-state index contributed by atoms with van der Waals surface area (Å²) >= 11 is 7.26. The highest BCUT2D eigenvalue weighted by Crippen LogP contribution is 2.25. The molecule has 114 valence electrons. The first-order chi connectivity index (χ1) is 9.92. The van der Waals surface area contributed by atoms with Gasteiger partial charge in [-0.1, -0.05) is 11.6 Å². The molecule has 0 saturated carbocycles. The van der Waals surface area contributed by atoms with Crippen LogP contribution in [0.15, 0.2) is 35.2 Å². The van der Waals surface area contributed by atoms with E-state index in [1.54, 1.807) is 6.07 Å². The van der Waals surface area contributed by atoms with Crippen LogP contribution in [0.4, 0.5) is 5.69 Å². The number of halogens is 1. The number of hydrogen-bond donors (Lipinski definition) is 2. The van der Waals surface area contributed by atoms with Gasteiger partial charge in [-0.2, -0.15) is 0 Å². The van der Waals surface area contributed by atoms with Crippen LogP contribution < -0.4 is 15.2 Å². The van der Waals surface area contributed by atoms with Crippen molar-refractivity contribution >= 4 is 38.6 Å². The lowest BCUT2D eigenvalue weighted by Crippen LogP contribution is -2.25. The van der Waals surface area contributed by atoms with Gasteiger partial charge in [0.2, 0.25) is 10.0 Å². The maximum absolute atomic E-state index is 12.2. The van der Waals surface area contributed by atoms with E-state index in [1.807, 2.05) is 6.07 Å². The lowest BCUT2D eigenvalue weighted by molar-refractivity contribution is 0.415. The zero-order chi connectivity index (χ0) is 15.5. The van der Waals surface area contributed by atoms with Gasteiger partial charge in [-0.15, -0.1) is 11.3 Å². The fraction of sp³-hybridized carbons (Fsp3) is 0.231. The van der Waals surface area contributed by atoms with Crippen molar-refractivity contribution < 1.29 is 13.2 Å². The topological polar surface area (TPSA) is 81.4 Å². The number of nitrogen functional groups attached to an aromatic ring is 1. The minimum Gasteiger partial charge on any atom is -0.495 e. The number of anilines is 1. The van der Waals surface area contributed by atoms with Gasteiger partial charge in [0.05, 0.1) is 22.0 Å². The third-order valence-electron chi connectivity index (χ3n) is 2.81. The molecule has 0 spiro atoms. The Morgan fingerprint density at radius 2 is 2.10 bits per heavy atom. The molecule has 0 fully saturated rings. The smallest absolute Gasteiger partial charge is 0.240 e. The molecule has 0 amide bonds. The number of nitrogens with two attached hydrogens (primary N) is 1. The van der Waals surface area contributed by atoms with Crippen molar-refractivity contribution in [2.75, 3.05) is 19.4 Å². The zero-order valence-electron chi connectivity index (χ0n) is 11.3. The van der Waals surface area contributed by atoms with E-state index in [9.17, 15) is 8.42 Å². The van der Waals surface area contributed by atoms with Crippen molar-refractivity contribution in [3.63, 3.8) is 0 Å². The first-order valence-electron chi connectivity index (χ1n) is 6.10. The molecule has 0 radical (unpaired) electrons. The number of hydrogen-bond acceptors (Lipinski definition) is 5. The summed E-state index contributed by atoms with van der Waals surface area (Å²) in [6.07, 6.45) is 0.586. The molecule has 0 aliphatic rings. The van der Waals surface area contributed by atoms with E-state index in [1.165, 1.54) is 36.6 Å². The van der Waals surface area contributed by atoms with Gasteiger partial charge < -0.3 is 10.5 Å². The van der Waals surface area contributed by atoms with Crippen LogP contribution in [0, 0.1) is 0 Å². The summed E-state index contributed by atoms with van der Waals surface area (Å²) in [5, 5.41) is 0. The maximum Gasteiger partial charge on any atom is 0.240 e. The highest BCUT2D eigenvalue weighted by Gasteiger charge is 2.15. The van der Waals surface area contributed by atoms with E-state index in [2.05, 4.69) is 4.72 Å². The van der Waals surface area contributed by atoms with Crippen molar-refractivity contribution in [1.29, 1.82) is 0 Å². The Balaban J connectivity index is 2.04. The lowest BCUT2D eigenvalue weighted by atomic mass is 10.3. The number of nitrogens with one attached hydrogen (secondary N) is 1. The summed E-state index contributed by atoms with van der Waals surface area (Å²) < 4.78 is 32.6. The standard InChI is InChI=1S/C13H15ClN2O3S2/c1-19-12-8-10(3-4-11(12)15)21(17,18)16-7-6-9-2-5-13(14)20-9/h2-5,8,16H,6-7,15H2,1H3. The number of benzene rings is 1. The molecule has 0 atom stereocenters. The molecule has 21 heavy (non-hydrogen) atoms. The largest absolute Gasteiger partial charge is 0.495 e. The summed E-state index contributed by atoms with van der Waals surface area (Å²) in [5.41, 5.74) is 6.06. The monoisotopic (exact) mass is 346 g/mol. The second-order valence-electron chi connectivity index (χ2n) is 4.26. The third kappa shape index (κ3) is 4.10. The van der Waals surface area contributed by atoms with E-state index in [0.29, 0.717) is 28.7 Å². The van der Waals surface area contributed by atoms with E-state index in [-0.39, 0.29) is 4.90 Å². The summed E-state index contributed by atoms with van der Waals surface area (Å²) in [6.45, 7) is 0.297. The SMILES string of the molecule is COc1cc(S(=O)(=O)NCCc2ccc(Cl)s2)ccc1N. The Bertz CT molecular complexity index is 729. The van der Waals surface area contributed by atoms with Gasteiger partial charge in [-0.3, -0.25) is 0 Å². The molecule has 2 rings (SSSR count). The molecular formula is C13H15ClN2O3S2. The van der Waals surface area contributed by atoms with Crippen LogP contribution in [0.2, 0.25) is 4.34 Å². The average Bonchev–Trinajstić information content (AvgIpc) is 2.84. The Morgan fingerprint density at radius 1 is 1.33 bits per heavy atom. The number of rotatable bonds is 6. The second-order valence-corrected chi connectivity index (χ2v) is 7.82. The summed E-state index contributed by atoms with van der Waals surface area (Å²) in [5.74, 6) is 0.336. The van der Waals surface area contributed by atoms with E-state index < -0.39 is 10.0 Å². The van der Waals surface area contributed by atoms with Crippen LogP contribution in [0.5, 0.6) is 5.75 Å². The molecule has 0 saturated heterocycles. The molecule has 8 heteroatoms. The van der Waals surface area contributed by atoms with Crippen molar-refractivity contribution in [3.8, 4) is 5.75 Å². The fourth-order valence-electron chi connectivity index (χ4n) is 1.74. The predicted molar refractivity (Wildman–Crippen MR) is 85.6 cm³/mol. The second kappa shape index (κ2) is 6.65. The van der Waals surface area contributed by atoms with Gasteiger partial charge in [0.1, 0.15) is 5.75 Å². The van der Waals surface area contributed by atoms with E-state index >= 15 is 0 Å². The number of ether oxygens (including phenoxy) is 1. The number of methoxy groups -OCH3 is 1. The van der Waals surface area contributed by atoms with Crippen LogP contribution in [-0.4, -0.2) is 22.1 Å². The van der Waals surface area contributed by atoms with Gasteiger partial charge in [0.25, 0.3) is 0 Å². The number of sulfonamides is 1. The Hall–Kier alpha value is -1.28. The molecule has 1 aromatic carbocycles. The minimum atomic E-state index is -3.59. The van der Waals surface area contributed by atoms with E-state index in [4.69, 9.17) is 22.1 Å². The van der Waals surface area contributed by atoms with Crippen molar-refractivity contribution in [2.45, 2.75) is 11.3 Å². The summed E-state index contributed by atoms with van der Waals surface area (Å²) in [6, 6.07) is 8.03. The summed E-state index contributed by atoms with van der Waals surface area (Å²) in [7, 11) is -2.15. The maximum atomic E-state index is 12.2. The van der Waals surface area contributed by atoms with E-state index in [0.717, 1.165) is 4.88 Å². The zero-order valence-corrected chi connectivity index (χ0v) is 13.7. The molecule has 0 aliphatic heterocycles. The van der Waals surface area contributed by atoms with Crippen molar-refractivity contribution in [1.82, 2.24) is 4.72 Å². The molecular weight excluding hydrogens is 332 g/mol. The molecule has 0 unspecified atom stereocenters. The molecule has 2 aromatic rings. The van der Waals surface area contributed by atoms with Crippen molar-refractivity contribution in [3.05, 3.63) is 39.5 Å². The van der Waals surface area contributed by atoms with Crippen LogP contribution in [0.3, 0.4) is 0 Å². The highest BCUT2D eigenvalue weighted by atomic mass is 35.5. The average molecular weight is 347 g/mol. The van der Waals surface area contributed by atoms with Crippen LogP contribution >= 0.6 is 22.9 Å². The first-order valence-corrected chi connectivity index (χ1v) is 8.77. The summed E-state index contributed by atoms with van der Waals surface area (Å²) in [4.78, 5) is 1.15. The third-order valence-corrected chi connectivity index (χ3v) is 5.56. The Kier molecular flexibility index (Phi) is 5.10. The van der Waals surface area contributed by atoms with Gasteiger partial charge in [-0.25, -0.2) is 13.1 Å². The molecule has 0 aliphatic carbocycles.